The molecule has 1 aromatic heterocycles. The van der Waals surface area contributed by atoms with Gasteiger partial charge < -0.3 is 15.8 Å². The number of nitrogens with zero attached hydrogens (tertiary/aromatic N) is 2. The van der Waals surface area contributed by atoms with Gasteiger partial charge in [0, 0.05) is 32.0 Å². The molecule has 2 atom stereocenters. The highest BCUT2D eigenvalue weighted by molar-refractivity contribution is 5.80. The number of carbonyl (C=O) groups excluding carboxylic acids is 1. The van der Waals surface area contributed by atoms with E-state index in [2.05, 4.69) is 10.4 Å². The molecule has 1 saturated heterocycles. The largest absolute Gasteiger partial charge is 0.364 e. The first-order chi connectivity index (χ1) is 8.79. The van der Waals surface area contributed by atoms with Gasteiger partial charge in [-0.05, 0) is 25.3 Å². The van der Waals surface area contributed by atoms with Gasteiger partial charge in [0.2, 0.25) is 5.91 Å². The molecule has 1 fully saturated rings. The second-order valence-corrected chi connectivity index (χ2v) is 4.47. The van der Waals surface area contributed by atoms with Crippen molar-refractivity contribution < 1.29 is 9.53 Å². The van der Waals surface area contributed by atoms with E-state index in [4.69, 9.17) is 10.5 Å². The lowest BCUT2D eigenvalue weighted by Crippen LogP contribution is -2.36. The molecule has 0 bridgehead atoms. The van der Waals surface area contributed by atoms with Crippen molar-refractivity contribution in [3.05, 3.63) is 18.5 Å². The van der Waals surface area contributed by atoms with Gasteiger partial charge in [-0.25, -0.2) is 0 Å². The van der Waals surface area contributed by atoms with Crippen LogP contribution in [0.1, 0.15) is 19.3 Å². The van der Waals surface area contributed by atoms with E-state index in [1.165, 1.54) is 0 Å². The molecule has 2 heterocycles. The Hall–Kier alpha value is -1.40. The molecule has 0 aromatic carbocycles. The lowest BCUT2D eigenvalue weighted by molar-refractivity contribution is -0.131. The quantitative estimate of drug-likeness (QED) is 0.692. The summed E-state index contributed by atoms with van der Waals surface area (Å²) in [6, 6.07) is 1.89. The molecule has 1 amide bonds. The lowest BCUT2D eigenvalue weighted by Gasteiger charge is -2.12. The number of hydrogen-bond acceptors (Lipinski definition) is 4. The fraction of sp³-hybridized carbons (Fsp3) is 0.667. The molecule has 0 unspecified atom stereocenters. The molecule has 0 radical (unpaired) electrons. The van der Waals surface area contributed by atoms with E-state index in [1.807, 2.05) is 16.9 Å². The average molecular weight is 252 g/mol. The van der Waals surface area contributed by atoms with Crippen LogP contribution in [-0.2, 0) is 16.1 Å². The standard InChI is InChI=1S/C12H20N4O2/c13-9-10-3-4-11(18-10)12(17)14-5-1-7-16-8-2-6-15-16/h2,6,8,10-11H,1,3-5,7,9,13H2,(H,14,17)/t10-,11+/m1/s1. The number of nitrogens with two attached hydrogens (primary N) is 1. The predicted molar refractivity (Wildman–Crippen MR) is 66.8 cm³/mol. The van der Waals surface area contributed by atoms with Gasteiger partial charge in [0.05, 0.1) is 6.10 Å². The Kier molecular flexibility index (Phi) is 4.72. The van der Waals surface area contributed by atoms with Crippen LogP contribution in [0.5, 0.6) is 0 Å². The first kappa shape index (κ1) is 13.0. The Balaban J connectivity index is 1.60. The van der Waals surface area contributed by atoms with Gasteiger partial charge in [-0.1, -0.05) is 0 Å². The number of carbonyl (C=O) groups is 1. The summed E-state index contributed by atoms with van der Waals surface area (Å²) in [5.74, 6) is -0.0218. The van der Waals surface area contributed by atoms with E-state index < -0.39 is 0 Å². The Morgan fingerprint density at radius 3 is 3.11 bits per heavy atom. The van der Waals surface area contributed by atoms with E-state index in [-0.39, 0.29) is 18.1 Å². The summed E-state index contributed by atoms with van der Waals surface area (Å²) in [7, 11) is 0. The van der Waals surface area contributed by atoms with Crippen LogP contribution in [0.15, 0.2) is 18.5 Å². The molecule has 1 aliphatic rings. The van der Waals surface area contributed by atoms with Crippen molar-refractivity contribution in [2.45, 2.75) is 38.0 Å². The second kappa shape index (κ2) is 6.51. The third-order valence-electron chi connectivity index (χ3n) is 3.09. The van der Waals surface area contributed by atoms with Gasteiger partial charge in [-0.15, -0.1) is 0 Å². The van der Waals surface area contributed by atoms with Gasteiger partial charge in [-0.3, -0.25) is 9.48 Å². The van der Waals surface area contributed by atoms with Crippen LogP contribution in [0.25, 0.3) is 0 Å². The Morgan fingerprint density at radius 2 is 2.44 bits per heavy atom. The second-order valence-electron chi connectivity index (χ2n) is 4.47. The van der Waals surface area contributed by atoms with Crippen LogP contribution in [0.2, 0.25) is 0 Å². The summed E-state index contributed by atoms with van der Waals surface area (Å²) >= 11 is 0. The highest BCUT2D eigenvalue weighted by atomic mass is 16.5. The molecule has 0 aliphatic carbocycles. The average Bonchev–Trinajstić information content (AvgIpc) is 3.05. The third-order valence-corrected chi connectivity index (χ3v) is 3.09. The molecule has 6 nitrogen and oxygen atoms in total. The van der Waals surface area contributed by atoms with Crippen molar-refractivity contribution in [2.24, 2.45) is 5.73 Å². The van der Waals surface area contributed by atoms with Crippen molar-refractivity contribution in [2.75, 3.05) is 13.1 Å². The Morgan fingerprint density at radius 1 is 1.56 bits per heavy atom. The molecule has 100 valence electrons. The maximum Gasteiger partial charge on any atom is 0.249 e. The number of rotatable bonds is 6. The third kappa shape index (κ3) is 3.54. The van der Waals surface area contributed by atoms with E-state index in [0.717, 1.165) is 25.8 Å². The maximum absolute atomic E-state index is 11.8. The minimum absolute atomic E-state index is 0.0218. The van der Waals surface area contributed by atoms with Crippen LogP contribution in [0, 0.1) is 0 Å². The molecule has 0 saturated carbocycles. The minimum Gasteiger partial charge on any atom is -0.364 e. The summed E-state index contributed by atoms with van der Waals surface area (Å²) in [4.78, 5) is 11.8. The summed E-state index contributed by atoms with van der Waals surface area (Å²) < 4.78 is 7.37. The molecule has 18 heavy (non-hydrogen) atoms. The van der Waals surface area contributed by atoms with Crippen LogP contribution in [0.4, 0.5) is 0 Å². The number of amides is 1. The van der Waals surface area contributed by atoms with Crippen molar-refractivity contribution in [3.63, 3.8) is 0 Å². The number of ether oxygens (including phenoxy) is 1. The van der Waals surface area contributed by atoms with Gasteiger partial charge in [0.25, 0.3) is 0 Å². The Bertz CT molecular complexity index is 366. The van der Waals surface area contributed by atoms with E-state index in [9.17, 15) is 4.79 Å². The van der Waals surface area contributed by atoms with E-state index in [0.29, 0.717) is 13.1 Å². The fourth-order valence-electron chi connectivity index (χ4n) is 2.07. The fourth-order valence-corrected chi connectivity index (χ4v) is 2.07. The molecule has 0 spiro atoms. The molecular weight excluding hydrogens is 232 g/mol. The maximum atomic E-state index is 11.8. The number of aryl methyl sites for hydroxylation is 1. The Labute approximate surface area is 106 Å². The zero-order valence-electron chi connectivity index (χ0n) is 10.4. The van der Waals surface area contributed by atoms with Crippen molar-refractivity contribution in [1.82, 2.24) is 15.1 Å². The number of aromatic nitrogens is 2. The zero-order chi connectivity index (χ0) is 12.8. The van der Waals surface area contributed by atoms with Crippen LogP contribution >= 0.6 is 0 Å². The molecule has 1 aliphatic heterocycles. The van der Waals surface area contributed by atoms with Gasteiger partial charge >= 0.3 is 0 Å². The molecule has 1 aromatic rings. The van der Waals surface area contributed by atoms with E-state index >= 15 is 0 Å². The van der Waals surface area contributed by atoms with Crippen LogP contribution < -0.4 is 11.1 Å². The first-order valence-electron chi connectivity index (χ1n) is 6.40. The van der Waals surface area contributed by atoms with Gasteiger partial charge in [-0.2, -0.15) is 5.10 Å². The summed E-state index contributed by atoms with van der Waals surface area (Å²) in [5.41, 5.74) is 5.51. The topological polar surface area (TPSA) is 82.2 Å². The molecule has 3 N–H and O–H groups in total. The van der Waals surface area contributed by atoms with Crippen molar-refractivity contribution in [1.29, 1.82) is 0 Å². The highest BCUT2D eigenvalue weighted by Crippen LogP contribution is 2.18. The van der Waals surface area contributed by atoms with Crippen molar-refractivity contribution >= 4 is 5.91 Å². The molecular formula is C12H20N4O2. The monoisotopic (exact) mass is 252 g/mol. The highest BCUT2D eigenvalue weighted by Gasteiger charge is 2.29. The lowest BCUT2D eigenvalue weighted by atomic mass is 10.2. The molecule has 2 rings (SSSR count). The van der Waals surface area contributed by atoms with Crippen LogP contribution in [-0.4, -0.2) is 41.0 Å². The molecule has 6 heteroatoms. The summed E-state index contributed by atoms with van der Waals surface area (Å²) in [6.45, 7) is 1.94. The van der Waals surface area contributed by atoms with Crippen LogP contribution in [0.3, 0.4) is 0 Å². The smallest absolute Gasteiger partial charge is 0.249 e. The zero-order valence-corrected chi connectivity index (χ0v) is 10.4. The number of hydrogen-bond donors (Lipinski definition) is 2. The normalized spacial score (nSPS) is 23.2. The van der Waals surface area contributed by atoms with E-state index in [1.54, 1.807) is 6.20 Å². The summed E-state index contributed by atoms with van der Waals surface area (Å²) in [6.07, 6.45) is 5.90. The predicted octanol–water partition coefficient (Wildman–Crippen LogP) is -0.104. The van der Waals surface area contributed by atoms with Gasteiger partial charge in [0.15, 0.2) is 0 Å². The summed E-state index contributed by atoms with van der Waals surface area (Å²) in [5, 5.41) is 6.98. The number of nitrogens with one attached hydrogen (secondary N) is 1. The minimum atomic E-state index is -0.316. The van der Waals surface area contributed by atoms with Crippen molar-refractivity contribution in [3.8, 4) is 0 Å². The first-order valence-corrected chi connectivity index (χ1v) is 6.40. The SMILES string of the molecule is NC[C@H]1CC[C@@H](C(=O)NCCCn2cccn2)O1. The van der Waals surface area contributed by atoms with Gasteiger partial charge in [0.1, 0.15) is 6.10 Å².